The maximum atomic E-state index is 13.6. The molecule has 6 fully saturated rings. The Labute approximate surface area is 156 Å². The van der Waals surface area contributed by atoms with Crippen LogP contribution in [0.3, 0.4) is 0 Å². The summed E-state index contributed by atoms with van der Waals surface area (Å²) in [6.45, 7) is 1.99. The van der Waals surface area contributed by atoms with Gasteiger partial charge in [0.2, 0.25) is 5.89 Å². The Morgan fingerprint density at radius 2 is 1.86 bits per heavy atom. The zero-order valence-corrected chi connectivity index (χ0v) is 14.7. The summed E-state index contributed by atoms with van der Waals surface area (Å²) < 4.78 is 45.6. The predicted molar refractivity (Wildman–Crippen MR) is 90.9 cm³/mol. The molecule has 1 heterocycles. The Balaban J connectivity index is 1.24. The summed E-state index contributed by atoms with van der Waals surface area (Å²) in [6.07, 6.45) is -4.49. The lowest BCUT2D eigenvalue weighted by Gasteiger charge is -3.11. The second-order valence-electron chi connectivity index (χ2n) is 9.20. The molecule has 9 heteroatoms. The van der Waals surface area contributed by atoms with Gasteiger partial charge in [-0.25, -0.2) is 9.89 Å². The number of hydrogen-bond donors (Lipinski definition) is 3. The molecule has 146 valence electrons. The van der Waals surface area contributed by atoms with Crippen molar-refractivity contribution in [2.24, 2.45) is 46.7 Å². The largest absolute Gasteiger partial charge is 0.434 e. The van der Waals surface area contributed by atoms with Gasteiger partial charge >= 0.3 is 11.9 Å². The third-order valence-corrected chi connectivity index (χ3v) is 8.92. The van der Waals surface area contributed by atoms with Crippen molar-refractivity contribution in [3.05, 3.63) is 34.3 Å². The van der Waals surface area contributed by atoms with Crippen LogP contribution in [0.1, 0.15) is 12.5 Å². The number of alkyl halides is 3. The number of nitrogens with zero attached hydrogens (tertiary/aromatic N) is 1. The average Bonchev–Trinajstić information content (AvgIpc) is 3.07. The molecule has 4 N–H and O–H groups in total. The van der Waals surface area contributed by atoms with E-state index in [-0.39, 0.29) is 28.6 Å². The lowest BCUT2D eigenvalue weighted by Crippen LogP contribution is -3.16. The Morgan fingerprint density at radius 3 is 2.39 bits per heavy atom. The molecule has 6 aliphatic rings. The number of benzene rings is 1. The van der Waals surface area contributed by atoms with E-state index >= 15 is 0 Å². The Bertz CT molecular complexity index is 1070. The van der Waals surface area contributed by atoms with Gasteiger partial charge in [-0.15, -0.1) is 5.10 Å². The van der Waals surface area contributed by atoms with Crippen molar-refractivity contribution in [2.75, 3.05) is 5.32 Å². The van der Waals surface area contributed by atoms with Gasteiger partial charge in [0.05, 0.1) is 5.56 Å². The molecule has 0 radical (unpaired) electrons. The molecular weight excluding hydrogens is 373 g/mol. The third kappa shape index (κ3) is 1.23. The fourth-order valence-electron chi connectivity index (χ4n) is 8.32. The van der Waals surface area contributed by atoms with Crippen molar-refractivity contribution in [3.8, 4) is 11.5 Å². The zero-order chi connectivity index (χ0) is 19.4. The highest BCUT2D eigenvalue weighted by Crippen LogP contribution is 3.07. The Kier molecular flexibility index (Phi) is 2.25. The number of rotatable bonds is 4. The molecule has 2 aromatic rings. The fourth-order valence-corrected chi connectivity index (χ4v) is 8.32. The van der Waals surface area contributed by atoms with E-state index in [9.17, 15) is 18.0 Å². The highest BCUT2D eigenvalue weighted by Gasteiger charge is 3.09. The SMILES string of the molecule is C[C@H](Nc1cc(-c2n[nH]c(=O)o2)ccc1C(F)(F)F)C12C3C4C1C1C2C3C41N. The van der Waals surface area contributed by atoms with Crippen molar-refractivity contribution < 1.29 is 17.6 Å². The number of aromatic nitrogens is 2. The fraction of sp³-hybridized carbons (Fsp3) is 0.579. The standard InChI is InChI=1S/C19H17F3N4O2/c1-5(17-9-12-10(17)14-11(17)13(9)18(12,14)23)24-8-4-6(15-25-26-16(27)28-15)2-3-7(8)19(20,21)22/h2-5,9-14,24H,23H2,1H3,(H,26,27)/t5-,9?,10?,11?,12?,13?,14?,17?,18?/m0/s1. The van der Waals surface area contributed by atoms with E-state index in [0.717, 1.165) is 6.07 Å². The van der Waals surface area contributed by atoms with Gasteiger partial charge in [-0.1, -0.05) is 0 Å². The number of hydrogen-bond acceptors (Lipinski definition) is 5. The predicted octanol–water partition coefficient (Wildman–Crippen LogP) is 2.30. The highest BCUT2D eigenvalue weighted by atomic mass is 19.4. The number of nitrogens with one attached hydrogen (secondary N) is 2. The normalized spacial score (nSPS) is 46.3. The molecule has 0 saturated heterocycles. The van der Waals surface area contributed by atoms with E-state index in [4.69, 9.17) is 10.2 Å². The van der Waals surface area contributed by atoms with Crippen LogP contribution in [0.4, 0.5) is 18.9 Å². The third-order valence-electron chi connectivity index (χ3n) is 8.92. The summed E-state index contributed by atoms with van der Waals surface area (Å²) in [6, 6.07) is 3.57. The first kappa shape index (κ1) is 15.6. The van der Waals surface area contributed by atoms with Crippen LogP contribution in [-0.4, -0.2) is 21.8 Å². The molecule has 0 bridgehead atoms. The van der Waals surface area contributed by atoms with Gasteiger partial charge in [0.15, 0.2) is 0 Å². The first-order valence-electron chi connectivity index (χ1n) is 9.54. The molecular formula is C19H17F3N4O2. The van der Waals surface area contributed by atoms with E-state index in [0.29, 0.717) is 41.1 Å². The minimum Gasteiger partial charge on any atom is -0.388 e. The summed E-state index contributed by atoms with van der Waals surface area (Å²) >= 11 is 0. The smallest absolute Gasteiger partial charge is 0.388 e. The average molecular weight is 390 g/mol. The van der Waals surface area contributed by atoms with Crippen LogP contribution in [0.5, 0.6) is 0 Å². The lowest BCUT2D eigenvalue weighted by molar-refractivity contribution is -0.622. The summed E-state index contributed by atoms with van der Waals surface area (Å²) in [7, 11) is 0. The number of anilines is 1. The summed E-state index contributed by atoms with van der Waals surface area (Å²) in [4.78, 5) is 11.2. The van der Waals surface area contributed by atoms with E-state index < -0.39 is 17.5 Å². The Hall–Kier alpha value is -2.29. The summed E-state index contributed by atoms with van der Waals surface area (Å²) in [5, 5.41) is 9.01. The maximum Gasteiger partial charge on any atom is 0.434 e. The van der Waals surface area contributed by atoms with Crippen LogP contribution < -0.4 is 16.8 Å². The van der Waals surface area contributed by atoms with Crippen LogP contribution in [0.2, 0.25) is 0 Å². The minimum absolute atomic E-state index is 0.000664. The molecule has 8 rings (SSSR count). The van der Waals surface area contributed by atoms with Crippen molar-refractivity contribution in [1.82, 2.24) is 10.2 Å². The van der Waals surface area contributed by atoms with Gasteiger partial charge in [0.25, 0.3) is 0 Å². The molecule has 1 aromatic carbocycles. The lowest BCUT2D eigenvalue weighted by atomic mass is 8.93. The zero-order valence-electron chi connectivity index (χ0n) is 14.7. The van der Waals surface area contributed by atoms with Crippen molar-refractivity contribution in [3.63, 3.8) is 0 Å². The maximum absolute atomic E-state index is 13.6. The quantitative estimate of drug-likeness (QED) is 0.744. The summed E-state index contributed by atoms with van der Waals surface area (Å²) in [5.74, 6) is 2.78. The monoisotopic (exact) mass is 390 g/mol. The number of aromatic amines is 1. The molecule has 28 heavy (non-hydrogen) atoms. The second-order valence-corrected chi connectivity index (χ2v) is 9.20. The highest BCUT2D eigenvalue weighted by molar-refractivity contribution is 5.67. The molecule has 1 aromatic heterocycles. The Morgan fingerprint density at radius 1 is 1.21 bits per heavy atom. The van der Waals surface area contributed by atoms with Crippen LogP contribution in [0.15, 0.2) is 27.4 Å². The molecule has 0 aliphatic heterocycles. The van der Waals surface area contributed by atoms with Crippen LogP contribution in [0, 0.1) is 40.9 Å². The van der Waals surface area contributed by atoms with Gasteiger partial charge in [-0.2, -0.15) is 13.2 Å². The summed E-state index contributed by atoms with van der Waals surface area (Å²) in [5.41, 5.74) is 6.24. The van der Waals surface area contributed by atoms with Gasteiger partial charge in [-0.3, -0.25) is 0 Å². The molecule has 1 atom stereocenters. The first-order valence-corrected chi connectivity index (χ1v) is 9.54. The van der Waals surface area contributed by atoms with Gasteiger partial charge in [-0.05, 0) is 60.6 Å². The topological polar surface area (TPSA) is 96.9 Å². The van der Waals surface area contributed by atoms with Crippen molar-refractivity contribution in [2.45, 2.75) is 24.7 Å². The molecule has 0 unspecified atom stereocenters. The van der Waals surface area contributed by atoms with Gasteiger partial charge < -0.3 is 15.5 Å². The van der Waals surface area contributed by atoms with E-state index in [1.54, 1.807) is 0 Å². The molecule has 6 nitrogen and oxygen atoms in total. The first-order chi connectivity index (χ1) is 13.2. The number of H-pyrrole nitrogens is 1. The second kappa shape index (κ2) is 4.03. The van der Waals surface area contributed by atoms with Crippen LogP contribution >= 0.6 is 0 Å². The van der Waals surface area contributed by atoms with Crippen LogP contribution in [-0.2, 0) is 6.18 Å². The van der Waals surface area contributed by atoms with Crippen molar-refractivity contribution in [1.29, 1.82) is 0 Å². The van der Waals surface area contributed by atoms with Gasteiger partial charge in [0.1, 0.15) is 0 Å². The van der Waals surface area contributed by atoms with Crippen molar-refractivity contribution >= 4 is 5.69 Å². The number of nitrogens with two attached hydrogens (primary N) is 1. The molecule has 0 spiro atoms. The number of halogens is 3. The molecule has 6 saturated carbocycles. The van der Waals surface area contributed by atoms with E-state index in [2.05, 4.69) is 15.5 Å². The van der Waals surface area contributed by atoms with E-state index in [1.165, 1.54) is 12.1 Å². The van der Waals surface area contributed by atoms with Crippen LogP contribution in [0.25, 0.3) is 11.5 Å². The molecule has 0 amide bonds. The molecule has 6 aliphatic carbocycles. The van der Waals surface area contributed by atoms with Gasteiger partial charge in [0, 0.05) is 28.2 Å². The minimum atomic E-state index is -4.49. The van der Waals surface area contributed by atoms with E-state index in [1.807, 2.05) is 6.92 Å².